The highest BCUT2D eigenvalue weighted by atomic mass is 127. The maximum atomic E-state index is 12.6. The van der Waals surface area contributed by atoms with E-state index in [1.165, 1.54) is 0 Å². The summed E-state index contributed by atoms with van der Waals surface area (Å²) in [6.45, 7) is 0. The second-order valence-corrected chi connectivity index (χ2v) is 7.37. The van der Waals surface area contributed by atoms with Crippen molar-refractivity contribution >= 4 is 40.6 Å². The smallest absolute Gasteiger partial charge is 0.254 e. The van der Waals surface area contributed by atoms with Crippen molar-refractivity contribution in [3.8, 4) is 0 Å². The second kappa shape index (κ2) is 5.30. The monoisotopic (exact) mass is 406 g/mol. The number of rotatable bonds is 2. The first-order valence-corrected chi connectivity index (χ1v) is 8.59. The van der Waals surface area contributed by atoms with Crippen LogP contribution in [0.3, 0.4) is 0 Å². The van der Waals surface area contributed by atoms with E-state index >= 15 is 0 Å². The van der Waals surface area contributed by atoms with Gasteiger partial charge in [0, 0.05) is 3.57 Å². The van der Waals surface area contributed by atoms with Gasteiger partial charge in [0.05, 0.1) is 18.1 Å². The molecule has 22 heavy (non-hydrogen) atoms. The van der Waals surface area contributed by atoms with E-state index < -0.39 is 0 Å². The van der Waals surface area contributed by atoms with Crippen LogP contribution >= 0.6 is 22.6 Å². The lowest BCUT2D eigenvalue weighted by molar-refractivity contribution is -0.140. The van der Waals surface area contributed by atoms with Crippen molar-refractivity contribution in [1.82, 2.24) is 5.01 Å². The van der Waals surface area contributed by atoms with Gasteiger partial charge in [-0.2, -0.15) is 10.1 Å². The number of carbonyl (C=O) groups excluding carboxylic acids is 2. The Balaban J connectivity index is 1.60. The van der Waals surface area contributed by atoms with Crippen LogP contribution in [0.5, 0.6) is 0 Å². The minimum atomic E-state index is -0.190. The number of amides is 2. The summed E-state index contributed by atoms with van der Waals surface area (Å²) in [6, 6.07) is 7.79. The first-order valence-electron chi connectivity index (χ1n) is 7.51. The number of imide groups is 1. The summed E-state index contributed by atoms with van der Waals surface area (Å²) in [4.78, 5) is 25.1. The molecule has 0 radical (unpaired) electrons. The summed E-state index contributed by atoms with van der Waals surface area (Å²) >= 11 is 2.23. The average molecular weight is 406 g/mol. The van der Waals surface area contributed by atoms with E-state index in [0.29, 0.717) is 0 Å². The molecular formula is C17H15IN2O2. The summed E-state index contributed by atoms with van der Waals surface area (Å²) in [5.74, 6) is -0.211. The molecule has 0 spiro atoms. The van der Waals surface area contributed by atoms with E-state index in [1.807, 2.05) is 24.3 Å². The summed E-state index contributed by atoms with van der Waals surface area (Å²) in [7, 11) is 0. The van der Waals surface area contributed by atoms with E-state index in [1.54, 1.807) is 6.21 Å². The summed E-state index contributed by atoms with van der Waals surface area (Å²) < 4.78 is 1.14. The van der Waals surface area contributed by atoms with Gasteiger partial charge < -0.3 is 0 Å². The molecule has 2 amide bonds. The van der Waals surface area contributed by atoms with Gasteiger partial charge in [0.25, 0.3) is 11.8 Å². The molecule has 1 aliphatic heterocycles. The van der Waals surface area contributed by atoms with Gasteiger partial charge in [-0.1, -0.05) is 24.3 Å². The molecule has 1 saturated carbocycles. The maximum Gasteiger partial charge on any atom is 0.254 e. The van der Waals surface area contributed by atoms with Gasteiger partial charge in [0.15, 0.2) is 0 Å². The molecule has 5 rings (SSSR count). The first kappa shape index (κ1) is 14.1. The zero-order valence-electron chi connectivity index (χ0n) is 11.9. The number of carbonyl (C=O) groups is 2. The van der Waals surface area contributed by atoms with Crippen LogP contribution < -0.4 is 0 Å². The lowest BCUT2D eigenvalue weighted by Gasteiger charge is -2.37. The molecule has 112 valence electrons. The van der Waals surface area contributed by atoms with Gasteiger partial charge in [-0.25, -0.2) is 0 Å². The van der Waals surface area contributed by atoms with Gasteiger partial charge in [-0.3, -0.25) is 9.59 Å². The van der Waals surface area contributed by atoms with Gasteiger partial charge in [-0.15, -0.1) is 0 Å². The Morgan fingerprint density at radius 2 is 1.55 bits per heavy atom. The summed E-state index contributed by atoms with van der Waals surface area (Å²) in [6.07, 6.45) is 7.85. The fraction of sp³-hybridized carbons (Fsp3) is 0.353. The number of hydrogen-bond donors (Lipinski definition) is 0. The molecule has 0 aromatic heterocycles. The van der Waals surface area contributed by atoms with Crippen LogP contribution in [0.4, 0.5) is 0 Å². The van der Waals surface area contributed by atoms with E-state index in [4.69, 9.17) is 0 Å². The van der Waals surface area contributed by atoms with Crippen molar-refractivity contribution in [3.63, 3.8) is 0 Å². The third-order valence-corrected chi connectivity index (χ3v) is 5.65. The van der Waals surface area contributed by atoms with Gasteiger partial charge in [0.2, 0.25) is 0 Å². The van der Waals surface area contributed by atoms with Gasteiger partial charge in [-0.05, 0) is 65.0 Å². The van der Waals surface area contributed by atoms with E-state index in [-0.39, 0.29) is 35.5 Å². The molecule has 5 heteroatoms. The van der Waals surface area contributed by atoms with E-state index in [9.17, 15) is 9.59 Å². The number of nitrogens with zero attached hydrogens (tertiary/aromatic N) is 2. The zero-order valence-corrected chi connectivity index (χ0v) is 14.0. The molecule has 1 aromatic rings. The minimum Gasteiger partial charge on any atom is -0.272 e. The standard InChI is InChI=1S/C17H15IN2O2/c18-13-7-1-10(2-8-13)9-19-20-16(21)14-11-3-4-12(6-5-11)15(14)17(20)22/h1-4,7-9,11-12,14-15H,5-6H2/b19-9-/t11-,12-,14+,15+/m0/s1. The third kappa shape index (κ3) is 2.14. The third-order valence-electron chi connectivity index (χ3n) is 4.93. The number of halogens is 1. The lowest BCUT2D eigenvalue weighted by atomic mass is 9.63. The van der Waals surface area contributed by atoms with Crippen molar-refractivity contribution in [3.05, 3.63) is 45.6 Å². The zero-order chi connectivity index (χ0) is 15.3. The molecule has 0 unspecified atom stereocenters. The quantitative estimate of drug-likeness (QED) is 0.328. The van der Waals surface area contributed by atoms with Crippen molar-refractivity contribution < 1.29 is 9.59 Å². The normalized spacial score (nSPS) is 33.0. The molecule has 0 N–H and O–H groups in total. The average Bonchev–Trinajstić information content (AvgIpc) is 2.82. The molecule has 4 atom stereocenters. The van der Waals surface area contributed by atoms with Crippen LogP contribution in [0, 0.1) is 27.2 Å². The predicted octanol–water partition coefficient (Wildman–Crippen LogP) is 2.82. The second-order valence-electron chi connectivity index (χ2n) is 6.13. The van der Waals surface area contributed by atoms with Crippen LogP contribution in [0.1, 0.15) is 18.4 Å². The first-order chi connectivity index (χ1) is 10.6. The number of fused-ring (bicyclic) bond motifs is 1. The molecule has 2 bridgehead atoms. The van der Waals surface area contributed by atoms with Crippen LogP contribution in [-0.4, -0.2) is 23.0 Å². The topological polar surface area (TPSA) is 49.7 Å². The number of hydrazone groups is 1. The number of benzene rings is 1. The molecule has 4 aliphatic rings. The largest absolute Gasteiger partial charge is 0.272 e. The van der Waals surface area contributed by atoms with Gasteiger partial charge in [0.1, 0.15) is 0 Å². The highest BCUT2D eigenvalue weighted by Crippen LogP contribution is 2.49. The van der Waals surface area contributed by atoms with Crippen molar-refractivity contribution in [1.29, 1.82) is 0 Å². The Morgan fingerprint density at radius 3 is 2.05 bits per heavy atom. The van der Waals surface area contributed by atoms with E-state index in [2.05, 4.69) is 39.8 Å². The van der Waals surface area contributed by atoms with Crippen LogP contribution in [-0.2, 0) is 9.59 Å². The Hall–Kier alpha value is -1.50. The molecule has 1 aromatic carbocycles. The van der Waals surface area contributed by atoms with Crippen molar-refractivity contribution in [2.45, 2.75) is 12.8 Å². The Bertz CT molecular complexity index is 663. The van der Waals surface area contributed by atoms with Crippen LogP contribution in [0.15, 0.2) is 41.5 Å². The minimum absolute atomic E-state index is 0.129. The fourth-order valence-electron chi connectivity index (χ4n) is 3.85. The number of hydrogen-bond acceptors (Lipinski definition) is 3. The molecule has 1 heterocycles. The molecule has 1 saturated heterocycles. The maximum absolute atomic E-state index is 12.6. The van der Waals surface area contributed by atoms with Gasteiger partial charge >= 0.3 is 0 Å². The van der Waals surface area contributed by atoms with Crippen molar-refractivity contribution in [2.24, 2.45) is 28.8 Å². The summed E-state index contributed by atoms with van der Waals surface area (Å²) in [5.41, 5.74) is 0.886. The predicted molar refractivity (Wildman–Crippen MR) is 90.9 cm³/mol. The van der Waals surface area contributed by atoms with E-state index in [0.717, 1.165) is 27.0 Å². The lowest BCUT2D eigenvalue weighted by Crippen LogP contribution is -2.38. The Morgan fingerprint density at radius 1 is 1.00 bits per heavy atom. The molecule has 4 nitrogen and oxygen atoms in total. The van der Waals surface area contributed by atoms with Crippen LogP contribution in [0.2, 0.25) is 0 Å². The fourth-order valence-corrected chi connectivity index (χ4v) is 4.21. The Kier molecular flexibility index (Phi) is 3.40. The number of allylic oxidation sites excluding steroid dienone is 2. The molecular weight excluding hydrogens is 391 g/mol. The Labute approximate surface area is 142 Å². The highest BCUT2D eigenvalue weighted by molar-refractivity contribution is 14.1. The van der Waals surface area contributed by atoms with Crippen molar-refractivity contribution in [2.75, 3.05) is 0 Å². The molecule has 2 fully saturated rings. The summed E-state index contributed by atoms with van der Waals surface area (Å²) in [5, 5.41) is 5.29. The SMILES string of the molecule is O=C1[C@H]2[C@H](C(=O)N1/N=C\c1ccc(I)cc1)[C@H]1C=C[C@H]2CC1. The molecule has 3 aliphatic carbocycles. The highest BCUT2D eigenvalue weighted by Gasteiger charge is 2.56. The van der Waals surface area contributed by atoms with Crippen LogP contribution in [0.25, 0.3) is 0 Å².